The van der Waals surface area contributed by atoms with E-state index in [1.165, 1.54) is 6.92 Å². The van der Waals surface area contributed by atoms with Crippen LogP contribution in [0.4, 0.5) is 5.69 Å². The molecule has 1 unspecified atom stereocenters. The number of rotatable bonds is 5. The number of halogens is 1. The summed E-state index contributed by atoms with van der Waals surface area (Å²) in [7, 11) is 0. The van der Waals surface area contributed by atoms with E-state index in [2.05, 4.69) is 10.6 Å². The van der Waals surface area contributed by atoms with Gasteiger partial charge in [-0.05, 0) is 47.9 Å². The standard InChI is InChI=1S/C23H21ClN2O2/c1-15-8-9-19(14-21(15)25-16(2)27)23(28)26-22(17-6-4-3-5-7-17)18-10-12-20(24)13-11-18/h3-14,22H,1-2H3,(H,25,27)(H,26,28). The van der Waals surface area contributed by atoms with Gasteiger partial charge in [0.15, 0.2) is 0 Å². The Morgan fingerprint density at radius 1 is 0.893 bits per heavy atom. The normalized spacial score (nSPS) is 11.5. The molecule has 28 heavy (non-hydrogen) atoms. The third-order valence-corrected chi connectivity index (χ3v) is 4.67. The van der Waals surface area contributed by atoms with E-state index in [4.69, 9.17) is 11.6 Å². The Bertz CT molecular complexity index is 985. The lowest BCUT2D eigenvalue weighted by molar-refractivity contribution is -0.114. The minimum absolute atomic E-state index is 0.177. The molecular weight excluding hydrogens is 372 g/mol. The second kappa shape index (κ2) is 8.72. The van der Waals surface area contributed by atoms with Crippen molar-refractivity contribution in [1.29, 1.82) is 0 Å². The number of hydrogen-bond acceptors (Lipinski definition) is 2. The van der Waals surface area contributed by atoms with Gasteiger partial charge in [-0.15, -0.1) is 0 Å². The highest BCUT2D eigenvalue weighted by Crippen LogP contribution is 2.25. The number of hydrogen-bond donors (Lipinski definition) is 2. The Balaban J connectivity index is 1.91. The lowest BCUT2D eigenvalue weighted by Crippen LogP contribution is -2.29. The van der Waals surface area contributed by atoms with E-state index in [0.717, 1.165) is 16.7 Å². The number of anilines is 1. The zero-order valence-electron chi connectivity index (χ0n) is 15.7. The molecule has 2 N–H and O–H groups in total. The minimum atomic E-state index is -0.323. The Morgan fingerprint density at radius 2 is 1.54 bits per heavy atom. The Morgan fingerprint density at radius 3 is 2.18 bits per heavy atom. The monoisotopic (exact) mass is 392 g/mol. The van der Waals surface area contributed by atoms with E-state index in [9.17, 15) is 9.59 Å². The molecule has 2 amide bonds. The highest BCUT2D eigenvalue weighted by atomic mass is 35.5. The van der Waals surface area contributed by atoms with Crippen LogP contribution in [0.1, 0.15) is 40.0 Å². The Hall–Kier alpha value is -3.11. The van der Waals surface area contributed by atoms with Crippen molar-refractivity contribution >= 4 is 29.1 Å². The first-order chi connectivity index (χ1) is 13.4. The Kier molecular flexibility index (Phi) is 6.12. The van der Waals surface area contributed by atoms with Crippen molar-refractivity contribution in [3.05, 3.63) is 100 Å². The maximum atomic E-state index is 13.0. The molecule has 0 aliphatic heterocycles. The summed E-state index contributed by atoms with van der Waals surface area (Å²) >= 11 is 6.02. The van der Waals surface area contributed by atoms with Crippen molar-refractivity contribution in [2.24, 2.45) is 0 Å². The van der Waals surface area contributed by atoms with Gasteiger partial charge in [0.05, 0.1) is 6.04 Å². The quantitative estimate of drug-likeness (QED) is 0.632. The van der Waals surface area contributed by atoms with Crippen LogP contribution in [-0.4, -0.2) is 11.8 Å². The molecule has 4 nitrogen and oxygen atoms in total. The third-order valence-electron chi connectivity index (χ3n) is 4.42. The molecule has 0 heterocycles. The fraction of sp³-hybridized carbons (Fsp3) is 0.130. The summed E-state index contributed by atoms with van der Waals surface area (Å²) in [6.07, 6.45) is 0. The zero-order valence-corrected chi connectivity index (χ0v) is 16.5. The lowest BCUT2D eigenvalue weighted by Gasteiger charge is -2.20. The van der Waals surface area contributed by atoms with E-state index in [-0.39, 0.29) is 17.9 Å². The second-order valence-electron chi connectivity index (χ2n) is 6.58. The molecule has 0 aliphatic carbocycles. The molecule has 5 heteroatoms. The molecule has 3 aromatic carbocycles. The number of carbonyl (C=O) groups is 2. The maximum absolute atomic E-state index is 13.0. The number of aryl methyl sites for hydroxylation is 1. The molecule has 3 aromatic rings. The van der Waals surface area contributed by atoms with Crippen molar-refractivity contribution in [2.75, 3.05) is 5.32 Å². The topological polar surface area (TPSA) is 58.2 Å². The van der Waals surface area contributed by atoms with Crippen molar-refractivity contribution in [2.45, 2.75) is 19.9 Å². The van der Waals surface area contributed by atoms with Crippen LogP contribution >= 0.6 is 11.6 Å². The first-order valence-electron chi connectivity index (χ1n) is 8.93. The van der Waals surface area contributed by atoms with Gasteiger partial charge in [0, 0.05) is 23.2 Å². The van der Waals surface area contributed by atoms with Crippen LogP contribution in [0.25, 0.3) is 0 Å². The maximum Gasteiger partial charge on any atom is 0.252 e. The first kappa shape index (κ1) is 19.6. The summed E-state index contributed by atoms with van der Waals surface area (Å²) in [5, 5.41) is 6.49. The predicted molar refractivity (Wildman–Crippen MR) is 113 cm³/mol. The molecule has 0 aromatic heterocycles. The fourth-order valence-electron chi connectivity index (χ4n) is 2.96. The van der Waals surface area contributed by atoms with Gasteiger partial charge in [0.1, 0.15) is 0 Å². The molecule has 0 radical (unpaired) electrons. The highest BCUT2D eigenvalue weighted by Gasteiger charge is 2.18. The van der Waals surface area contributed by atoms with Gasteiger partial charge in [-0.2, -0.15) is 0 Å². The molecular formula is C23H21ClN2O2. The summed E-state index contributed by atoms with van der Waals surface area (Å²) < 4.78 is 0. The van der Waals surface area contributed by atoms with Gasteiger partial charge < -0.3 is 10.6 Å². The average molecular weight is 393 g/mol. The van der Waals surface area contributed by atoms with E-state index >= 15 is 0 Å². The van der Waals surface area contributed by atoms with Crippen LogP contribution in [0.3, 0.4) is 0 Å². The zero-order chi connectivity index (χ0) is 20.1. The van der Waals surface area contributed by atoms with Crippen LogP contribution in [0.15, 0.2) is 72.8 Å². The van der Waals surface area contributed by atoms with Crippen molar-refractivity contribution < 1.29 is 9.59 Å². The summed E-state index contributed by atoms with van der Waals surface area (Å²) in [4.78, 5) is 24.4. The molecule has 3 rings (SSSR count). The minimum Gasteiger partial charge on any atom is -0.341 e. The van der Waals surface area contributed by atoms with Gasteiger partial charge in [-0.1, -0.05) is 60.1 Å². The van der Waals surface area contributed by atoms with Crippen molar-refractivity contribution in [1.82, 2.24) is 5.32 Å². The largest absolute Gasteiger partial charge is 0.341 e. The van der Waals surface area contributed by atoms with E-state index < -0.39 is 0 Å². The van der Waals surface area contributed by atoms with Crippen LogP contribution in [-0.2, 0) is 4.79 Å². The van der Waals surface area contributed by atoms with Crippen LogP contribution in [0.2, 0.25) is 5.02 Å². The lowest BCUT2D eigenvalue weighted by atomic mass is 9.98. The molecule has 0 bridgehead atoms. The van der Waals surface area contributed by atoms with Gasteiger partial charge in [-0.25, -0.2) is 0 Å². The SMILES string of the molecule is CC(=O)Nc1cc(C(=O)NC(c2ccccc2)c2ccc(Cl)cc2)ccc1C. The molecule has 1 atom stereocenters. The third kappa shape index (κ3) is 4.78. The van der Waals surface area contributed by atoms with E-state index in [1.54, 1.807) is 24.3 Å². The fourth-order valence-corrected chi connectivity index (χ4v) is 3.09. The summed E-state index contributed by atoms with van der Waals surface area (Å²) in [6.45, 7) is 3.32. The van der Waals surface area contributed by atoms with Gasteiger partial charge in [0.2, 0.25) is 5.91 Å². The van der Waals surface area contributed by atoms with Crippen LogP contribution in [0.5, 0.6) is 0 Å². The predicted octanol–water partition coefficient (Wildman–Crippen LogP) is 5.13. The Labute approximate surface area is 169 Å². The molecule has 0 saturated heterocycles. The number of amides is 2. The van der Waals surface area contributed by atoms with Gasteiger partial charge in [-0.3, -0.25) is 9.59 Å². The summed E-state index contributed by atoms with van der Waals surface area (Å²) in [6, 6.07) is 22.1. The van der Waals surface area contributed by atoms with E-state index in [0.29, 0.717) is 16.3 Å². The second-order valence-corrected chi connectivity index (χ2v) is 7.02. The van der Waals surface area contributed by atoms with Gasteiger partial charge in [0.25, 0.3) is 5.91 Å². The molecule has 142 valence electrons. The van der Waals surface area contributed by atoms with E-state index in [1.807, 2.05) is 55.5 Å². The van der Waals surface area contributed by atoms with Crippen LogP contribution < -0.4 is 10.6 Å². The van der Waals surface area contributed by atoms with Crippen LogP contribution in [0, 0.1) is 6.92 Å². The number of nitrogens with one attached hydrogen (secondary N) is 2. The van der Waals surface area contributed by atoms with Crippen molar-refractivity contribution in [3.8, 4) is 0 Å². The highest BCUT2D eigenvalue weighted by molar-refractivity contribution is 6.30. The smallest absolute Gasteiger partial charge is 0.252 e. The molecule has 0 saturated carbocycles. The van der Waals surface area contributed by atoms with Crippen molar-refractivity contribution in [3.63, 3.8) is 0 Å². The molecule has 0 aliphatic rings. The number of benzene rings is 3. The van der Waals surface area contributed by atoms with Gasteiger partial charge >= 0.3 is 0 Å². The number of carbonyl (C=O) groups excluding carboxylic acids is 2. The summed E-state index contributed by atoms with van der Waals surface area (Å²) in [5.41, 5.74) is 3.89. The summed E-state index contributed by atoms with van der Waals surface area (Å²) in [5.74, 6) is -0.403. The first-order valence-corrected chi connectivity index (χ1v) is 9.31. The average Bonchev–Trinajstić information content (AvgIpc) is 2.69. The molecule has 0 fully saturated rings. The molecule has 0 spiro atoms.